The van der Waals surface area contributed by atoms with E-state index in [4.69, 9.17) is 0 Å². The Morgan fingerprint density at radius 1 is 1.08 bits per heavy atom. The molecule has 0 aliphatic carbocycles. The highest BCUT2D eigenvalue weighted by Crippen LogP contribution is 2.38. The third-order valence-electron chi connectivity index (χ3n) is 3.14. The van der Waals surface area contributed by atoms with Crippen LogP contribution in [0.3, 0.4) is 0 Å². The molecule has 0 N–H and O–H groups in total. The van der Waals surface area contributed by atoms with Gasteiger partial charge in [0.15, 0.2) is 5.75 Å². The van der Waals surface area contributed by atoms with Crippen molar-refractivity contribution >= 4 is 12.0 Å². The fraction of sp³-hybridized carbons (Fsp3) is 0.167. The van der Waals surface area contributed by atoms with Crippen LogP contribution >= 0.6 is 0 Å². The zero-order valence-electron chi connectivity index (χ0n) is 12.8. The highest BCUT2D eigenvalue weighted by molar-refractivity contribution is 5.72. The summed E-state index contributed by atoms with van der Waals surface area (Å²) < 4.78 is 39.0. The van der Waals surface area contributed by atoms with E-state index in [1.54, 1.807) is 12.2 Å². The van der Waals surface area contributed by atoms with E-state index in [-0.39, 0.29) is 12.0 Å². The number of halogens is 3. The average molecular weight is 336 g/mol. The molecular formula is C18H15F3O3. The zero-order valence-corrected chi connectivity index (χ0v) is 12.8. The molecule has 3 nitrogen and oxygen atoms in total. The summed E-state index contributed by atoms with van der Waals surface area (Å²) in [5.41, 5.74) is -0.0816. The third kappa shape index (κ3) is 4.87. The van der Waals surface area contributed by atoms with Crippen molar-refractivity contribution in [1.29, 1.82) is 0 Å². The van der Waals surface area contributed by atoms with Gasteiger partial charge in [0, 0.05) is 0 Å². The van der Waals surface area contributed by atoms with Gasteiger partial charge < -0.3 is 0 Å². The van der Waals surface area contributed by atoms with E-state index in [1.807, 2.05) is 30.3 Å². The minimum absolute atomic E-state index is 0.0139. The molecule has 0 aromatic heterocycles. The van der Waals surface area contributed by atoms with Crippen LogP contribution in [0.2, 0.25) is 0 Å². The van der Waals surface area contributed by atoms with E-state index in [0.29, 0.717) is 0 Å². The number of rotatable bonds is 5. The molecule has 0 radical (unpaired) electrons. The largest absolute Gasteiger partial charge is 0.420 e. The molecule has 2 aromatic rings. The Morgan fingerprint density at radius 3 is 2.46 bits per heavy atom. The van der Waals surface area contributed by atoms with Gasteiger partial charge in [-0.2, -0.15) is 13.2 Å². The minimum atomic E-state index is -4.60. The first-order valence-corrected chi connectivity index (χ1v) is 7.13. The van der Waals surface area contributed by atoms with Gasteiger partial charge in [-0.05, 0) is 24.1 Å². The van der Waals surface area contributed by atoms with Crippen molar-refractivity contribution in [2.45, 2.75) is 19.5 Å². The van der Waals surface area contributed by atoms with Crippen LogP contribution in [0.1, 0.15) is 23.1 Å². The molecular weight excluding hydrogens is 321 g/mol. The molecule has 24 heavy (non-hydrogen) atoms. The van der Waals surface area contributed by atoms with Crippen LogP contribution in [0.5, 0.6) is 5.75 Å². The number of hydrogen-bond acceptors (Lipinski definition) is 3. The van der Waals surface area contributed by atoms with Crippen molar-refractivity contribution in [2.75, 3.05) is 0 Å². The van der Waals surface area contributed by atoms with E-state index in [9.17, 15) is 18.0 Å². The van der Waals surface area contributed by atoms with E-state index in [0.717, 1.165) is 11.6 Å². The maximum absolute atomic E-state index is 13.0. The molecule has 0 unspecified atom stereocenters. The fourth-order valence-corrected chi connectivity index (χ4v) is 2.05. The molecule has 0 heterocycles. The summed E-state index contributed by atoms with van der Waals surface area (Å²) in [6.45, 7) is 1.31. The molecule has 0 bridgehead atoms. The Labute approximate surface area is 137 Å². The molecule has 126 valence electrons. The summed E-state index contributed by atoms with van der Waals surface area (Å²) in [6.07, 6.45) is -1.47. The first-order valence-electron chi connectivity index (χ1n) is 7.13. The highest BCUT2D eigenvalue weighted by atomic mass is 19.4. The molecule has 0 saturated heterocycles. The van der Waals surface area contributed by atoms with Gasteiger partial charge in [-0.1, -0.05) is 54.6 Å². The van der Waals surface area contributed by atoms with Gasteiger partial charge in [-0.25, -0.2) is 4.79 Å². The first kappa shape index (κ1) is 17.6. The Hall–Kier alpha value is -2.76. The molecule has 0 amide bonds. The lowest BCUT2D eigenvalue weighted by Gasteiger charge is -2.14. The number of alkyl halides is 3. The number of carbonyl (C=O) groups is 1. The predicted octanol–water partition coefficient (Wildman–Crippen LogP) is 4.95. The Kier molecular flexibility index (Phi) is 5.63. The number of hydrogen-bond donors (Lipinski definition) is 0. The van der Waals surface area contributed by atoms with Crippen molar-refractivity contribution in [3.63, 3.8) is 0 Å². The molecule has 0 fully saturated rings. The van der Waals surface area contributed by atoms with E-state index in [1.165, 1.54) is 19.1 Å². The Bertz CT molecular complexity index is 722. The average Bonchev–Trinajstić information content (AvgIpc) is 2.52. The SMILES string of the molecule is Cc1cccc(OOC(=O)CC=Cc2ccccc2)c1C(F)(F)F. The van der Waals surface area contributed by atoms with Crippen LogP contribution < -0.4 is 4.89 Å². The Balaban J connectivity index is 1.95. The van der Waals surface area contributed by atoms with Gasteiger partial charge in [-0.15, -0.1) is 0 Å². The van der Waals surface area contributed by atoms with Crippen molar-refractivity contribution in [1.82, 2.24) is 0 Å². The van der Waals surface area contributed by atoms with Gasteiger partial charge in [0.25, 0.3) is 0 Å². The lowest BCUT2D eigenvalue weighted by Crippen LogP contribution is -2.13. The molecule has 6 heteroatoms. The maximum Gasteiger partial charge on any atom is 0.420 e. The van der Waals surface area contributed by atoms with Gasteiger partial charge in [-0.3, -0.25) is 9.78 Å². The number of benzene rings is 2. The normalized spacial score (nSPS) is 11.5. The van der Waals surface area contributed by atoms with Crippen molar-refractivity contribution in [2.24, 2.45) is 0 Å². The van der Waals surface area contributed by atoms with E-state index >= 15 is 0 Å². The van der Waals surface area contributed by atoms with Crippen LogP contribution in [0.15, 0.2) is 54.6 Å². The zero-order chi connectivity index (χ0) is 17.6. The van der Waals surface area contributed by atoms with Crippen LogP contribution in [-0.2, 0) is 15.9 Å². The Morgan fingerprint density at radius 2 is 1.79 bits per heavy atom. The smallest absolute Gasteiger partial charge is 0.286 e. The number of carbonyl (C=O) groups excluding carboxylic acids is 1. The highest BCUT2D eigenvalue weighted by Gasteiger charge is 2.36. The minimum Gasteiger partial charge on any atom is -0.286 e. The van der Waals surface area contributed by atoms with E-state index in [2.05, 4.69) is 9.78 Å². The summed E-state index contributed by atoms with van der Waals surface area (Å²) >= 11 is 0. The summed E-state index contributed by atoms with van der Waals surface area (Å²) in [6, 6.07) is 13.0. The maximum atomic E-state index is 13.0. The molecule has 0 spiro atoms. The topological polar surface area (TPSA) is 35.5 Å². The second-order valence-corrected chi connectivity index (χ2v) is 5.00. The standard InChI is InChI=1S/C18H15F3O3/c1-13-7-5-11-15(17(13)18(19,20)21)23-24-16(22)12-6-10-14-8-3-2-4-9-14/h2-11H,12H2,1H3. The van der Waals surface area contributed by atoms with Gasteiger partial charge in [0.2, 0.25) is 0 Å². The molecule has 2 aromatic carbocycles. The summed E-state index contributed by atoms with van der Waals surface area (Å²) in [7, 11) is 0. The van der Waals surface area contributed by atoms with Gasteiger partial charge in [0.1, 0.15) is 5.56 Å². The molecule has 0 saturated carbocycles. The van der Waals surface area contributed by atoms with Gasteiger partial charge in [0.05, 0.1) is 6.42 Å². The first-order chi connectivity index (χ1) is 11.4. The van der Waals surface area contributed by atoms with Crippen LogP contribution in [-0.4, -0.2) is 5.97 Å². The van der Waals surface area contributed by atoms with Crippen molar-refractivity contribution in [3.8, 4) is 5.75 Å². The second kappa shape index (κ2) is 7.68. The lowest BCUT2D eigenvalue weighted by atomic mass is 10.1. The van der Waals surface area contributed by atoms with Gasteiger partial charge >= 0.3 is 12.1 Å². The second-order valence-electron chi connectivity index (χ2n) is 5.00. The predicted molar refractivity (Wildman–Crippen MR) is 83.0 cm³/mol. The molecule has 2 rings (SSSR count). The fourth-order valence-electron chi connectivity index (χ4n) is 2.05. The summed E-state index contributed by atoms with van der Waals surface area (Å²) in [5.74, 6) is -1.33. The molecule has 0 aliphatic rings. The third-order valence-corrected chi connectivity index (χ3v) is 3.14. The van der Waals surface area contributed by atoms with Crippen molar-refractivity contribution in [3.05, 3.63) is 71.3 Å². The summed E-state index contributed by atoms with van der Waals surface area (Å²) in [4.78, 5) is 20.6. The van der Waals surface area contributed by atoms with Crippen LogP contribution in [0.4, 0.5) is 13.2 Å². The number of aryl methyl sites for hydroxylation is 1. The lowest BCUT2D eigenvalue weighted by molar-refractivity contribution is -0.216. The molecule has 0 aliphatic heterocycles. The van der Waals surface area contributed by atoms with Crippen LogP contribution in [0.25, 0.3) is 6.08 Å². The molecule has 0 atom stereocenters. The van der Waals surface area contributed by atoms with Crippen LogP contribution in [0, 0.1) is 6.92 Å². The monoisotopic (exact) mass is 336 g/mol. The quantitative estimate of drug-likeness (QED) is 0.572. The van der Waals surface area contributed by atoms with E-state index < -0.39 is 23.5 Å². The van der Waals surface area contributed by atoms with Crippen molar-refractivity contribution < 1.29 is 27.7 Å². The summed E-state index contributed by atoms with van der Waals surface area (Å²) in [5, 5.41) is 0.